The Morgan fingerprint density at radius 3 is 2.73 bits per heavy atom. The predicted molar refractivity (Wildman–Crippen MR) is 40.4 cm³/mol. The zero-order chi connectivity index (χ0) is 8.10. The SMILES string of the molecule is [CH2+]CC=C([O-])N1CCOCC1. The minimum Gasteiger partial charge on any atom is -0.860 e. The fourth-order valence-electron chi connectivity index (χ4n) is 1.04. The van der Waals surface area contributed by atoms with Crippen molar-refractivity contribution < 1.29 is 9.84 Å². The van der Waals surface area contributed by atoms with Gasteiger partial charge in [0.25, 0.3) is 0 Å². The number of hydrogen-bond donors (Lipinski definition) is 0. The summed E-state index contributed by atoms with van der Waals surface area (Å²) in [6, 6.07) is 0. The standard InChI is InChI=1S/C8H13NO2/c1-2-3-8(10)9-4-6-11-7-5-9/h3H,1-2,4-7H2. The van der Waals surface area contributed by atoms with Gasteiger partial charge in [-0.3, -0.25) is 0 Å². The van der Waals surface area contributed by atoms with E-state index in [0.29, 0.717) is 19.6 Å². The van der Waals surface area contributed by atoms with Gasteiger partial charge in [0, 0.05) is 13.1 Å². The highest BCUT2D eigenvalue weighted by Gasteiger charge is 2.06. The third-order valence-corrected chi connectivity index (χ3v) is 1.64. The summed E-state index contributed by atoms with van der Waals surface area (Å²) in [6.07, 6.45) is 2.17. The first-order valence-electron chi connectivity index (χ1n) is 3.83. The van der Waals surface area contributed by atoms with E-state index in [1.807, 2.05) is 0 Å². The smallest absolute Gasteiger partial charge is 0.104 e. The van der Waals surface area contributed by atoms with Gasteiger partial charge in [0.15, 0.2) is 0 Å². The number of ether oxygens (including phenoxy) is 1. The Balaban J connectivity index is 2.38. The molecule has 0 aromatic rings. The van der Waals surface area contributed by atoms with Crippen LogP contribution in [0.2, 0.25) is 0 Å². The van der Waals surface area contributed by atoms with E-state index in [4.69, 9.17) is 4.74 Å². The molecule has 1 aliphatic rings. The molecule has 3 heteroatoms. The molecule has 0 N–H and O–H groups in total. The van der Waals surface area contributed by atoms with E-state index >= 15 is 0 Å². The van der Waals surface area contributed by atoms with Crippen LogP contribution in [-0.4, -0.2) is 31.2 Å². The Hall–Kier alpha value is -0.830. The fraction of sp³-hybridized carbons (Fsp3) is 0.625. The highest BCUT2D eigenvalue weighted by molar-refractivity contribution is 4.90. The van der Waals surface area contributed by atoms with Crippen molar-refractivity contribution in [2.24, 2.45) is 0 Å². The van der Waals surface area contributed by atoms with E-state index in [2.05, 4.69) is 6.92 Å². The number of morpholine rings is 1. The molecular weight excluding hydrogens is 142 g/mol. The second kappa shape index (κ2) is 4.13. The average molecular weight is 155 g/mol. The van der Waals surface area contributed by atoms with Crippen molar-refractivity contribution in [2.45, 2.75) is 6.42 Å². The second-order valence-corrected chi connectivity index (χ2v) is 2.43. The molecule has 0 aromatic carbocycles. The van der Waals surface area contributed by atoms with Crippen molar-refractivity contribution in [2.75, 3.05) is 26.3 Å². The van der Waals surface area contributed by atoms with Crippen LogP contribution in [-0.2, 0) is 4.74 Å². The van der Waals surface area contributed by atoms with E-state index in [0.717, 1.165) is 13.1 Å². The van der Waals surface area contributed by atoms with E-state index in [-0.39, 0.29) is 5.88 Å². The molecule has 0 spiro atoms. The lowest BCUT2D eigenvalue weighted by molar-refractivity contribution is -0.336. The molecule has 1 aliphatic heterocycles. The zero-order valence-electron chi connectivity index (χ0n) is 6.58. The summed E-state index contributed by atoms with van der Waals surface area (Å²) in [7, 11) is 0. The zero-order valence-corrected chi connectivity index (χ0v) is 6.58. The van der Waals surface area contributed by atoms with Crippen LogP contribution in [0.1, 0.15) is 6.42 Å². The summed E-state index contributed by atoms with van der Waals surface area (Å²) in [5, 5.41) is 11.2. The molecule has 0 aliphatic carbocycles. The lowest BCUT2D eigenvalue weighted by Gasteiger charge is -2.34. The van der Waals surface area contributed by atoms with Crippen LogP contribution in [0.5, 0.6) is 0 Å². The van der Waals surface area contributed by atoms with Gasteiger partial charge in [-0.1, -0.05) is 0 Å². The van der Waals surface area contributed by atoms with E-state index in [1.54, 1.807) is 11.0 Å². The fourth-order valence-corrected chi connectivity index (χ4v) is 1.04. The Bertz CT molecular complexity index is 139. The van der Waals surface area contributed by atoms with Crippen LogP contribution >= 0.6 is 0 Å². The Morgan fingerprint density at radius 2 is 2.18 bits per heavy atom. The monoisotopic (exact) mass is 155 g/mol. The first kappa shape index (κ1) is 8.27. The number of allylic oxidation sites excluding steroid dienone is 1. The van der Waals surface area contributed by atoms with Crippen LogP contribution < -0.4 is 5.11 Å². The maximum Gasteiger partial charge on any atom is 0.104 e. The summed E-state index contributed by atoms with van der Waals surface area (Å²) >= 11 is 0. The van der Waals surface area contributed by atoms with Crippen LogP contribution in [0.3, 0.4) is 0 Å². The predicted octanol–water partition coefficient (Wildman–Crippen LogP) is -0.256. The van der Waals surface area contributed by atoms with Gasteiger partial charge in [0.05, 0.1) is 20.1 Å². The highest BCUT2D eigenvalue weighted by Crippen LogP contribution is 2.02. The van der Waals surface area contributed by atoms with E-state index < -0.39 is 0 Å². The first-order valence-corrected chi connectivity index (χ1v) is 3.83. The van der Waals surface area contributed by atoms with Crippen molar-refractivity contribution in [3.05, 3.63) is 18.9 Å². The molecule has 0 unspecified atom stereocenters. The van der Waals surface area contributed by atoms with Crippen LogP contribution in [0.4, 0.5) is 0 Å². The summed E-state index contributed by atoms with van der Waals surface area (Å²) in [4.78, 5) is 1.79. The molecule has 0 atom stereocenters. The average Bonchev–Trinajstić information content (AvgIpc) is 2.07. The van der Waals surface area contributed by atoms with Crippen LogP contribution in [0.25, 0.3) is 0 Å². The van der Waals surface area contributed by atoms with Crippen molar-refractivity contribution >= 4 is 0 Å². The summed E-state index contributed by atoms with van der Waals surface area (Å²) in [5.74, 6) is 0.0864. The number of nitrogens with zero attached hydrogens (tertiary/aromatic N) is 1. The molecule has 62 valence electrons. The molecule has 1 heterocycles. The lowest BCUT2D eigenvalue weighted by Crippen LogP contribution is -2.39. The summed E-state index contributed by atoms with van der Waals surface area (Å²) in [5.41, 5.74) is 0. The van der Waals surface area contributed by atoms with Gasteiger partial charge < -0.3 is 14.7 Å². The molecule has 1 fully saturated rings. The largest absolute Gasteiger partial charge is 0.860 e. The van der Waals surface area contributed by atoms with Gasteiger partial charge in [0.1, 0.15) is 6.42 Å². The molecule has 0 bridgehead atoms. The topological polar surface area (TPSA) is 35.5 Å². The second-order valence-electron chi connectivity index (χ2n) is 2.43. The van der Waals surface area contributed by atoms with Crippen molar-refractivity contribution in [1.29, 1.82) is 0 Å². The Morgan fingerprint density at radius 1 is 1.55 bits per heavy atom. The van der Waals surface area contributed by atoms with Crippen LogP contribution in [0, 0.1) is 6.92 Å². The minimum absolute atomic E-state index is 0.0864. The molecule has 3 nitrogen and oxygen atoms in total. The van der Waals surface area contributed by atoms with Gasteiger partial charge in [-0.2, -0.15) is 0 Å². The molecule has 0 saturated carbocycles. The molecule has 1 saturated heterocycles. The Kier molecular flexibility index (Phi) is 3.11. The quantitative estimate of drug-likeness (QED) is 0.407. The first-order chi connectivity index (χ1) is 5.34. The summed E-state index contributed by atoms with van der Waals surface area (Å²) < 4.78 is 5.10. The van der Waals surface area contributed by atoms with Crippen LogP contribution in [0.15, 0.2) is 12.0 Å². The lowest BCUT2D eigenvalue weighted by atomic mass is 10.4. The molecule has 11 heavy (non-hydrogen) atoms. The van der Waals surface area contributed by atoms with Gasteiger partial charge in [-0.15, -0.1) is 0 Å². The molecule has 0 aromatic heterocycles. The minimum atomic E-state index is 0.0864. The number of hydrogen-bond acceptors (Lipinski definition) is 3. The highest BCUT2D eigenvalue weighted by atomic mass is 16.5. The molecule has 1 rings (SSSR count). The summed E-state index contributed by atoms with van der Waals surface area (Å²) in [6.45, 7) is 6.35. The van der Waals surface area contributed by atoms with Crippen molar-refractivity contribution in [3.8, 4) is 0 Å². The molecule has 0 radical (unpaired) electrons. The van der Waals surface area contributed by atoms with Crippen molar-refractivity contribution in [3.63, 3.8) is 0 Å². The number of rotatable bonds is 2. The third-order valence-electron chi connectivity index (χ3n) is 1.64. The molecule has 0 amide bonds. The molecular formula is C8H13NO2. The normalized spacial score (nSPS) is 20.4. The van der Waals surface area contributed by atoms with E-state index in [9.17, 15) is 5.11 Å². The van der Waals surface area contributed by atoms with Gasteiger partial charge in [0.2, 0.25) is 0 Å². The van der Waals surface area contributed by atoms with Gasteiger partial charge >= 0.3 is 0 Å². The third kappa shape index (κ3) is 2.35. The van der Waals surface area contributed by atoms with Crippen molar-refractivity contribution in [1.82, 2.24) is 4.90 Å². The Labute approximate surface area is 67.3 Å². The maximum atomic E-state index is 11.2. The van der Waals surface area contributed by atoms with Gasteiger partial charge in [-0.25, -0.2) is 0 Å². The maximum absolute atomic E-state index is 11.2. The van der Waals surface area contributed by atoms with E-state index in [1.165, 1.54) is 0 Å². The van der Waals surface area contributed by atoms with Gasteiger partial charge in [-0.05, 0) is 12.0 Å².